The second kappa shape index (κ2) is 3.90. The van der Waals surface area contributed by atoms with E-state index in [1.165, 1.54) is 11.1 Å². The van der Waals surface area contributed by atoms with Crippen molar-refractivity contribution in [3.05, 3.63) is 58.6 Å². The van der Waals surface area contributed by atoms with Crippen LogP contribution in [0.3, 0.4) is 0 Å². The lowest BCUT2D eigenvalue weighted by Gasteiger charge is -2.37. The molecule has 4 heteroatoms. The topological polar surface area (TPSA) is 35.0 Å². The van der Waals surface area contributed by atoms with Gasteiger partial charge in [0.05, 0.1) is 5.69 Å². The number of benzene rings is 1. The van der Waals surface area contributed by atoms with Crippen molar-refractivity contribution in [2.24, 2.45) is 0 Å². The van der Waals surface area contributed by atoms with E-state index in [4.69, 9.17) is 16.3 Å². The first kappa shape index (κ1) is 12.7. The second-order valence-electron chi connectivity index (χ2n) is 6.83. The molecule has 110 valence electrons. The molecule has 1 aromatic heterocycles. The van der Waals surface area contributed by atoms with Crippen molar-refractivity contribution >= 4 is 17.2 Å². The lowest BCUT2D eigenvalue weighted by Crippen LogP contribution is -2.35. The van der Waals surface area contributed by atoms with Gasteiger partial charge in [-0.2, -0.15) is 0 Å². The molecule has 22 heavy (non-hydrogen) atoms. The maximum atomic E-state index is 6.30. The zero-order valence-corrected chi connectivity index (χ0v) is 13.0. The number of allylic oxidation sites excluding steroid dienone is 1. The zero-order valence-electron chi connectivity index (χ0n) is 12.3. The lowest BCUT2D eigenvalue weighted by molar-refractivity contribution is 0.122. The standard InChI is InChI=1S/C18H15ClN2O/c1-17-9-12(13-5-8-20-16(19)21-13)11-3-2-4-14(15(11)17)22-18(10-17)6-7-18/h2-5,8-9H,6-7,10H2,1H3. The summed E-state index contributed by atoms with van der Waals surface area (Å²) in [5.74, 6) is 1.04. The van der Waals surface area contributed by atoms with Crippen molar-refractivity contribution in [2.75, 3.05) is 0 Å². The van der Waals surface area contributed by atoms with Crippen LogP contribution in [0.15, 0.2) is 36.5 Å². The molecule has 2 aromatic rings. The summed E-state index contributed by atoms with van der Waals surface area (Å²) in [6.45, 7) is 2.31. The van der Waals surface area contributed by atoms with Crippen molar-refractivity contribution in [3.8, 4) is 5.75 Å². The number of nitrogens with zero attached hydrogens (tertiary/aromatic N) is 2. The van der Waals surface area contributed by atoms with Crippen LogP contribution < -0.4 is 4.74 Å². The van der Waals surface area contributed by atoms with Gasteiger partial charge in [-0.1, -0.05) is 25.1 Å². The van der Waals surface area contributed by atoms with E-state index in [0.717, 1.165) is 36.3 Å². The van der Waals surface area contributed by atoms with Crippen molar-refractivity contribution in [1.82, 2.24) is 9.97 Å². The van der Waals surface area contributed by atoms with Gasteiger partial charge >= 0.3 is 0 Å². The van der Waals surface area contributed by atoms with Crippen LogP contribution in [-0.4, -0.2) is 15.6 Å². The van der Waals surface area contributed by atoms with E-state index in [-0.39, 0.29) is 16.3 Å². The van der Waals surface area contributed by atoms with Crippen LogP contribution >= 0.6 is 11.6 Å². The molecule has 0 saturated heterocycles. The van der Waals surface area contributed by atoms with Gasteiger partial charge in [0.25, 0.3) is 0 Å². The van der Waals surface area contributed by atoms with E-state index in [0.29, 0.717) is 0 Å². The molecule has 5 rings (SSSR count). The van der Waals surface area contributed by atoms with Crippen LogP contribution in [0.5, 0.6) is 5.75 Å². The quantitative estimate of drug-likeness (QED) is 0.742. The Hall–Kier alpha value is -1.87. The Balaban J connectivity index is 1.74. The SMILES string of the molecule is CC12C=C(c3ccnc(Cl)n3)c3cccc(c31)OC1(CC1)C2. The number of ether oxygens (including phenoxy) is 1. The van der Waals surface area contributed by atoms with Crippen LogP contribution in [0.2, 0.25) is 5.28 Å². The van der Waals surface area contributed by atoms with E-state index < -0.39 is 0 Å². The Kier molecular flexibility index (Phi) is 2.25. The Morgan fingerprint density at radius 2 is 2.09 bits per heavy atom. The molecule has 3 nitrogen and oxygen atoms in total. The summed E-state index contributed by atoms with van der Waals surface area (Å²) in [6.07, 6.45) is 7.43. The van der Waals surface area contributed by atoms with Gasteiger partial charge in [-0.05, 0) is 42.1 Å². The maximum absolute atomic E-state index is 6.30. The van der Waals surface area contributed by atoms with Crippen LogP contribution in [0.25, 0.3) is 5.57 Å². The number of rotatable bonds is 1. The Morgan fingerprint density at radius 3 is 2.86 bits per heavy atom. The summed E-state index contributed by atoms with van der Waals surface area (Å²) in [4.78, 5) is 8.39. The summed E-state index contributed by atoms with van der Waals surface area (Å²) in [5.41, 5.74) is 4.63. The molecule has 0 N–H and O–H groups in total. The minimum Gasteiger partial charge on any atom is -0.487 e. The number of hydrogen-bond acceptors (Lipinski definition) is 3. The average Bonchev–Trinajstić information content (AvgIpc) is 3.14. The van der Waals surface area contributed by atoms with Crippen molar-refractivity contribution in [3.63, 3.8) is 0 Å². The average molecular weight is 311 g/mol. The highest BCUT2D eigenvalue weighted by molar-refractivity contribution is 6.28. The molecule has 0 radical (unpaired) electrons. The van der Waals surface area contributed by atoms with E-state index in [2.05, 4.69) is 41.2 Å². The molecule has 1 atom stereocenters. The number of aromatic nitrogens is 2. The van der Waals surface area contributed by atoms with Gasteiger partial charge in [0.15, 0.2) is 0 Å². The molecule has 1 fully saturated rings. The van der Waals surface area contributed by atoms with Gasteiger partial charge in [-0.25, -0.2) is 9.97 Å². The van der Waals surface area contributed by atoms with Crippen LogP contribution in [0, 0.1) is 0 Å². The molecule has 2 heterocycles. The first-order valence-electron chi connectivity index (χ1n) is 7.63. The van der Waals surface area contributed by atoms with Gasteiger partial charge in [-0.3, -0.25) is 0 Å². The maximum Gasteiger partial charge on any atom is 0.222 e. The summed E-state index contributed by atoms with van der Waals surface area (Å²) in [6, 6.07) is 8.24. The van der Waals surface area contributed by atoms with Crippen molar-refractivity contribution in [1.29, 1.82) is 0 Å². The summed E-state index contributed by atoms with van der Waals surface area (Å²) in [5, 5.41) is 0.287. The lowest BCUT2D eigenvalue weighted by atomic mass is 9.76. The number of hydrogen-bond donors (Lipinski definition) is 0. The first-order chi connectivity index (χ1) is 10.6. The molecular weight excluding hydrogens is 296 g/mol. The predicted octanol–water partition coefficient (Wildman–Crippen LogP) is 4.15. The van der Waals surface area contributed by atoms with Gasteiger partial charge < -0.3 is 4.74 Å². The highest BCUT2D eigenvalue weighted by Gasteiger charge is 2.56. The molecule has 0 bridgehead atoms. The first-order valence-corrected chi connectivity index (χ1v) is 8.01. The fourth-order valence-corrected chi connectivity index (χ4v) is 4.24. The summed E-state index contributed by atoms with van der Waals surface area (Å²) >= 11 is 5.98. The highest BCUT2D eigenvalue weighted by Crippen LogP contribution is 2.60. The minimum atomic E-state index is 0.0213. The Bertz CT molecular complexity index is 841. The van der Waals surface area contributed by atoms with Crippen LogP contribution in [0.1, 0.15) is 43.0 Å². The molecule has 1 unspecified atom stereocenters. The van der Waals surface area contributed by atoms with Gasteiger partial charge in [0, 0.05) is 29.2 Å². The van der Waals surface area contributed by atoms with E-state index in [1.54, 1.807) is 6.20 Å². The predicted molar refractivity (Wildman–Crippen MR) is 85.1 cm³/mol. The fraction of sp³-hybridized carbons (Fsp3) is 0.333. The van der Waals surface area contributed by atoms with Crippen molar-refractivity contribution in [2.45, 2.75) is 37.2 Å². The van der Waals surface area contributed by atoms with Crippen molar-refractivity contribution < 1.29 is 4.74 Å². The number of halogens is 1. The zero-order chi connectivity index (χ0) is 14.9. The smallest absolute Gasteiger partial charge is 0.222 e. The Labute approximate surface area is 134 Å². The third-order valence-corrected chi connectivity index (χ3v) is 5.26. The van der Waals surface area contributed by atoms with Crippen LogP contribution in [-0.2, 0) is 5.41 Å². The molecule has 1 aromatic carbocycles. The minimum absolute atomic E-state index is 0.0213. The fourth-order valence-electron chi connectivity index (χ4n) is 4.09. The molecule has 3 aliphatic rings. The van der Waals surface area contributed by atoms with Gasteiger partial charge in [0.2, 0.25) is 5.28 Å². The molecule has 2 aliphatic carbocycles. The van der Waals surface area contributed by atoms with Gasteiger partial charge in [-0.15, -0.1) is 0 Å². The molecular formula is C18H15ClN2O. The molecule has 1 aliphatic heterocycles. The van der Waals surface area contributed by atoms with Crippen LogP contribution in [0.4, 0.5) is 0 Å². The summed E-state index contributed by atoms with van der Waals surface area (Å²) in [7, 11) is 0. The molecule has 0 amide bonds. The van der Waals surface area contributed by atoms with E-state index in [9.17, 15) is 0 Å². The molecule has 1 spiro atoms. The largest absolute Gasteiger partial charge is 0.487 e. The third kappa shape index (κ3) is 1.63. The highest BCUT2D eigenvalue weighted by atomic mass is 35.5. The Morgan fingerprint density at radius 1 is 1.23 bits per heavy atom. The third-order valence-electron chi connectivity index (χ3n) is 5.08. The molecule has 1 saturated carbocycles. The summed E-state index contributed by atoms with van der Waals surface area (Å²) < 4.78 is 6.30. The van der Waals surface area contributed by atoms with Gasteiger partial charge in [0.1, 0.15) is 11.4 Å². The second-order valence-corrected chi connectivity index (χ2v) is 7.17. The monoisotopic (exact) mass is 310 g/mol. The van der Waals surface area contributed by atoms with E-state index in [1.807, 2.05) is 6.07 Å². The normalized spacial score (nSPS) is 26.4. The van der Waals surface area contributed by atoms with E-state index >= 15 is 0 Å².